The summed E-state index contributed by atoms with van der Waals surface area (Å²) in [6.45, 7) is -1.80. The van der Waals surface area contributed by atoms with Crippen LogP contribution in [-0.2, 0) is 9.53 Å². The summed E-state index contributed by atoms with van der Waals surface area (Å²) >= 11 is 0. The number of nitrogens with zero attached hydrogens (tertiary/aromatic N) is 2. The number of aliphatic hydroxyl groups excluding tert-OH is 1. The molecular formula is C29H27F4N3O7. The Morgan fingerprint density at radius 3 is 2.33 bits per heavy atom. The van der Waals surface area contributed by atoms with Crippen molar-refractivity contribution in [2.45, 2.75) is 37.6 Å². The van der Waals surface area contributed by atoms with Crippen LogP contribution in [0.5, 0.6) is 11.5 Å². The molecule has 3 heterocycles. The fraction of sp³-hybridized carbons (Fsp3) is 0.345. The second kappa shape index (κ2) is 12.1. The molecule has 5 rings (SSSR count). The molecule has 2 N–H and O–H groups in total. The normalized spacial score (nSPS) is 21.9. The Hall–Kier alpha value is -4.43. The Morgan fingerprint density at radius 1 is 1.07 bits per heavy atom. The summed E-state index contributed by atoms with van der Waals surface area (Å²) in [7, 11) is 1.23. The van der Waals surface area contributed by atoms with Crippen LogP contribution in [0.2, 0.25) is 0 Å². The van der Waals surface area contributed by atoms with Crippen LogP contribution in [0.1, 0.15) is 33.4 Å². The van der Waals surface area contributed by atoms with Gasteiger partial charge in [0.2, 0.25) is 5.91 Å². The largest absolute Gasteiger partial charge is 0.497 e. The van der Waals surface area contributed by atoms with Gasteiger partial charge in [-0.2, -0.15) is 8.78 Å². The van der Waals surface area contributed by atoms with Crippen LogP contribution in [0.4, 0.5) is 23.2 Å². The van der Waals surface area contributed by atoms with Crippen LogP contribution in [-0.4, -0.2) is 67.1 Å². The van der Waals surface area contributed by atoms with Gasteiger partial charge >= 0.3 is 6.61 Å². The highest BCUT2D eigenvalue weighted by molar-refractivity contribution is 6.05. The second-order valence-corrected chi connectivity index (χ2v) is 10.1. The highest BCUT2D eigenvalue weighted by Gasteiger charge is 2.46. The van der Waals surface area contributed by atoms with Crippen molar-refractivity contribution in [3.05, 3.63) is 87.3 Å². The Morgan fingerprint density at radius 2 is 1.74 bits per heavy atom. The molecular weight excluding hydrogens is 578 g/mol. The number of ether oxygens (including phenoxy) is 3. The number of methoxy groups -OCH3 is 1. The van der Waals surface area contributed by atoms with Crippen molar-refractivity contribution < 1.29 is 46.5 Å². The van der Waals surface area contributed by atoms with E-state index in [-0.39, 0.29) is 42.5 Å². The summed E-state index contributed by atoms with van der Waals surface area (Å²) in [5, 5.41) is 12.8. The van der Waals surface area contributed by atoms with Crippen LogP contribution >= 0.6 is 0 Å². The molecule has 14 heteroatoms. The highest BCUT2D eigenvalue weighted by atomic mass is 19.3. The molecule has 2 saturated heterocycles. The number of rotatable bonds is 8. The van der Waals surface area contributed by atoms with Crippen molar-refractivity contribution in [1.82, 2.24) is 9.88 Å². The lowest BCUT2D eigenvalue weighted by Crippen LogP contribution is -2.45. The van der Waals surface area contributed by atoms with Crippen molar-refractivity contribution in [3.8, 4) is 11.5 Å². The highest BCUT2D eigenvalue weighted by Crippen LogP contribution is 2.37. The van der Waals surface area contributed by atoms with E-state index >= 15 is 8.78 Å². The molecule has 10 nitrogen and oxygen atoms in total. The number of nitrogens with one attached hydrogen (secondary N) is 1. The molecule has 0 aliphatic carbocycles. The van der Waals surface area contributed by atoms with E-state index in [1.807, 2.05) is 0 Å². The number of pyridine rings is 1. The van der Waals surface area contributed by atoms with Gasteiger partial charge < -0.3 is 34.1 Å². The molecule has 0 spiro atoms. The fourth-order valence-electron chi connectivity index (χ4n) is 5.42. The number of aryl methyl sites for hydroxylation is 1. The lowest BCUT2D eigenvalue weighted by Gasteiger charge is -2.22. The monoisotopic (exact) mass is 605 g/mol. The van der Waals surface area contributed by atoms with Crippen LogP contribution in [0.25, 0.3) is 0 Å². The molecule has 2 amide bonds. The predicted octanol–water partition coefficient (Wildman–Crippen LogP) is 2.91. The van der Waals surface area contributed by atoms with Gasteiger partial charge in [-0.15, -0.1) is 0 Å². The first-order valence-electron chi connectivity index (χ1n) is 13.2. The van der Waals surface area contributed by atoms with E-state index in [1.165, 1.54) is 30.0 Å². The SMILES string of the molecule is COc1cc(F)c([C@@H]2CN(c3c(C)ccn([C@H]4COC[C@@H]4O)c3=O)C(=O)[C@H]2NC(=O)c2ccc(OC(F)F)cc2)c(F)c1. The predicted molar refractivity (Wildman–Crippen MR) is 144 cm³/mol. The molecule has 0 unspecified atom stereocenters. The first-order valence-corrected chi connectivity index (χ1v) is 13.2. The van der Waals surface area contributed by atoms with Crippen molar-refractivity contribution in [1.29, 1.82) is 0 Å². The number of alkyl halides is 2. The zero-order chi connectivity index (χ0) is 31.0. The first-order chi connectivity index (χ1) is 20.5. The minimum Gasteiger partial charge on any atom is -0.497 e. The van der Waals surface area contributed by atoms with Gasteiger partial charge in [0.15, 0.2) is 0 Å². The van der Waals surface area contributed by atoms with Gasteiger partial charge in [0.25, 0.3) is 11.5 Å². The van der Waals surface area contributed by atoms with E-state index in [0.717, 1.165) is 29.2 Å². The number of amides is 2. The van der Waals surface area contributed by atoms with Crippen LogP contribution in [0.3, 0.4) is 0 Å². The lowest BCUT2D eigenvalue weighted by atomic mass is 9.92. The standard InChI is InChI=1S/C29H27F4N3O7/c1-14-7-8-35(21-12-42-13-22(21)37)28(40)25(14)36-11-18(23-19(30)9-17(41-2)10-20(23)31)24(27(36)39)34-26(38)15-3-5-16(6-4-15)43-29(32)33/h3-10,18,21-22,24,29,37H,11-13H2,1-2H3,(H,34,38)/t18-,21-,22-,24-/m0/s1. The molecule has 1 aromatic heterocycles. The Labute approximate surface area is 242 Å². The maximum Gasteiger partial charge on any atom is 0.387 e. The molecule has 2 aliphatic rings. The van der Waals surface area contributed by atoms with Crippen LogP contribution in [0.15, 0.2) is 53.5 Å². The summed E-state index contributed by atoms with van der Waals surface area (Å²) in [4.78, 5) is 41.8. The maximum atomic E-state index is 15.3. The van der Waals surface area contributed by atoms with E-state index in [9.17, 15) is 28.3 Å². The van der Waals surface area contributed by atoms with Crippen LogP contribution in [0, 0.1) is 18.6 Å². The number of anilines is 1. The van der Waals surface area contributed by atoms with Crippen molar-refractivity contribution in [2.24, 2.45) is 0 Å². The third-order valence-electron chi connectivity index (χ3n) is 7.55. The molecule has 3 aromatic rings. The minimum absolute atomic E-state index is 0.0183. The number of hydrogen-bond donors (Lipinski definition) is 2. The van der Waals surface area contributed by atoms with E-state index in [0.29, 0.717) is 5.56 Å². The Kier molecular flexibility index (Phi) is 8.42. The molecule has 2 aliphatic heterocycles. The third-order valence-corrected chi connectivity index (χ3v) is 7.55. The molecule has 0 bridgehead atoms. The van der Waals surface area contributed by atoms with E-state index in [2.05, 4.69) is 10.1 Å². The van der Waals surface area contributed by atoms with E-state index in [4.69, 9.17) is 9.47 Å². The van der Waals surface area contributed by atoms with Crippen molar-refractivity contribution in [3.63, 3.8) is 0 Å². The maximum absolute atomic E-state index is 15.3. The first kappa shape index (κ1) is 30.0. The Balaban J connectivity index is 1.54. The number of carbonyl (C=O) groups excluding carboxylic acids is 2. The smallest absolute Gasteiger partial charge is 0.387 e. The molecule has 0 saturated carbocycles. The number of hydrogen-bond acceptors (Lipinski definition) is 7. The number of benzene rings is 2. The van der Waals surface area contributed by atoms with E-state index < -0.39 is 65.3 Å². The zero-order valence-electron chi connectivity index (χ0n) is 22.9. The molecule has 0 radical (unpaired) electrons. The summed E-state index contributed by atoms with van der Waals surface area (Å²) in [5.41, 5.74) is -0.902. The lowest BCUT2D eigenvalue weighted by molar-refractivity contribution is -0.118. The summed E-state index contributed by atoms with van der Waals surface area (Å²) in [5.74, 6) is -5.32. The van der Waals surface area contributed by atoms with Gasteiger partial charge in [0.05, 0.1) is 26.4 Å². The number of aromatic nitrogens is 1. The average molecular weight is 606 g/mol. The van der Waals surface area contributed by atoms with Gasteiger partial charge in [-0.05, 0) is 42.8 Å². The third kappa shape index (κ3) is 5.79. The van der Waals surface area contributed by atoms with Crippen molar-refractivity contribution in [2.75, 3.05) is 31.8 Å². The molecule has 2 fully saturated rings. The average Bonchev–Trinajstić information content (AvgIpc) is 3.51. The zero-order valence-corrected chi connectivity index (χ0v) is 22.9. The quantitative estimate of drug-likeness (QED) is 0.379. The topological polar surface area (TPSA) is 119 Å². The molecule has 228 valence electrons. The van der Waals surface area contributed by atoms with Gasteiger partial charge in [-0.1, -0.05) is 0 Å². The van der Waals surface area contributed by atoms with Crippen LogP contribution < -0.4 is 25.2 Å². The van der Waals surface area contributed by atoms with Crippen molar-refractivity contribution >= 4 is 17.5 Å². The summed E-state index contributed by atoms with van der Waals surface area (Å²) < 4.78 is 71.4. The summed E-state index contributed by atoms with van der Waals surface area (Å²) in [6, 6.07) is 5.81. The van der Waals surface area contributed by atoms with Gasteiger partial charge in [-0.3, -0.25) is 14.4 Å². The molecule has 4 atom stereocenters. The van der Waals surface area contributed by atoms with E-state index in [1.54, 1.807) is 13.0 Å². The minimum atomic E-state index is -3.08. The van der Waals surface area contributed by atoms with Gasteiger partial charge in [0, 0.05) is 41.9 Å². The molecule has 43 heavy (non-hydrogen) atoms. The Bertz CT molecular complexity index is 1570. The van der Waals surface area contributed by atoms with Gasteiger partial charge in [0.1, 0.15) is 41.0 Å². The summed E-state index contributed by atoms with van der Waals surface area (Å²) in [6.07, 6.45) is 0.493. The second-order valence-electron chi connectivity index (χ2n) is 10.1. The number of aliphatic hydroxyl groups is 1. The van der Waals surface area contributed by atoms with Gasteiger partial charge in [-0.25, -0.2) is 8.78 Å². The molecule has 2 aromatic carbocycles. The fourth-order valence-corrected chi connectivity index (χ4v) is 5.42. The number of carbonyl (C=O) groups is 2. The number of halogens is 4.